The van der Waals surface area contributed by atoms with Crippen molar-refractivity contribution in [1.82, 2.24) is 4.98 Å². The van der Waals surface area contributed by atoms with Crippen molar-refractivity contribution in [3.63, 3.8) is 0 Å². The van der Waals surface area contributed by atoms with Crippen LogP contribution in [-0.2, 0) is 4.79 Å². The highest BCUT2D eigenvalue weighted by atomic mass is 35.5. The molecule has 1 saturated heterocycles. The van der Waals surface area contributed by atoms with Crippen molar-refractivity contribution >= 4 is 30.0 Å². The fourth-order valence-electron chi connectivity index (χ4n) is 2.20. The lowest BCUT2D eigenvalue weighted by molar-refractivity contribution is -0.142. The van der Waals surface area contributed by atoms with Gasteiger partial charge in [-0.3, -0.25) is 10.2 Å². The van der Waals surface area contributed by atoms with Crippen molar-refractivity contribution in [2.24, 2.45) is 11.7 Å². The lowest BCUT2D eigenvalue weighted by Gasteiger charge is -2.32. The van der Waals surface area contributed by atoms with Crippen LogP contribution < -0.4 is 10.6 Å². The van der Waals surface area contributed by atoms with Gasteiger partial charge in [0.15, 0.2) is 0 Å². The normalized spacial score (nSPS) is 15.7. The molecule has 2 rings (SSSR count). The first kappa shape index (κ1) is 15.2. The molecule has 1 aliphatic rings. The number of nitrogens with one attached hydrogen (secondary N) is 1. The number of aliphatic carboxylic acids is 1. The smallest absolute Gasteiger partial charge is 0.306 e. The molecule has 0 aromatic carbocycles. The molecule has 7 heteroatoms. The van der Waals surface area contributed by atoms with Crippen molar-refractivity contribution < 1.29 is 9.90 Å². The second-order valence-electron chi connectivity index (χ2n) is 4.39. The fourth-order valence-corrected chi connectivity index (χ4v) is 2.20. The summed E-state index contributed by atoms with van der Waals surface area (Å²) < 4.78 is 0. The molecule has 104 valence electrons. The Kier molecular flexibility index (Phi) is 5.11. The third-order valence-electron chi connectivity index (χ3n) is 3.22. The van der Waals surface area contributed by atoms with Gasteiger partial charge in [-0.2, -0.15) is 0 Å². The molecule has 0 radical (unpaired) electrons. The fraction of sp³-hybridized carbons (Fsp3) is 0.417. The summed E-state index contributed by atoms with van der Waals surface area (Å²) in [4.78, 5) is 17.1. The van der Waals surface area contributed by atoms with Crippen molar-refractivity contribution in [3.05, 3.63) is 23.9 Å². The van der Waals surface area contributed by atoms with Crippen LogP contribution in [0.2, 0.25) is 0 Å². The number of anilines is 1. The molecule has 1 aromatic rings. The van der Waals surface area contributed by atoms with E-state index in [9.17, 15) is 4.79 Å². The number of piperidine rings is 1. The van der Waals surface area contributed by atoms with Crippen LogP contribution in [0.4, 0.5) is 5.82 Å². The monoisotopic (exact) mass is 284 g/mol. The van der Waals surface area contributed by atoms with Gasteiger partial charge in [-0.1, -0.05) is 0 Å². The second kappa shape index (κ2) is 6.38. The minimum Gasteiger partial charge on any atom is -0.481 e. The maximum atomic E-state index is 10.9. The summed E-state index contributed by atoms with van der Waals surface area (Å²) in [7, 11) is 0. The van der Waals surface area contributed by atoms with Crippen molar-refractivity contribution in [2.45, 2.75) is 12.8 Å². The number of amidine groups is 1. The molecule has 0 saturated carbocycles. The van der Waals surface area contributed by atoms with E-state index < -0.39 is 5.97 Å². The van der Waals surface area contributed by atoms with Gasteiger partial charge in [0.1, 0.15) is 11.7 Å². The molecule has 0 atom stereocenters. The number of hydrogen-bond donors (Lipinski definition) is 3. The molecule has 1 aromatic heterocycles. The van der Waals surface area contributed by atoms with Gasteiger partial charge in [-0.25, -0.2) is 4.98 Å². The molecule has 0 aliphatic carbocycles. The number of carboxylic acid groups (broad SMARTS) is 1. The van der Waals surface area contributed by atoms with Gasteiger partial charge in [0.25, 0.3) is 0 Å². The van der Waals surface area contributed by atoms with Crippen LogP contribution in [0.5, 0.6) is 0 Å². The highest BCUT2D eigenvalue weighted by molar-refractivity contribution is 5.99. The summed E-state index contributed by atoms with van der Waals surface area (Å²) in [5.74, 6) is -0.347. The molecule has 6 nitrogen and oxygen atoms in total. The molecule has 0 bridgehead atoms. The van der Waals surface area contributed by atoms with Gasteiger partial charge >= 0.3 is 5.97 Å². The van der Waals surface area contributed by atoms with E-state index >= 15 is 0 Å². The van der Waals surface area contributed by atoms with E-state index in [4.69, 9.17) is 16.2 Å². The Morgan fingerprint density at radius 3 is 2.63 bits per heavy atom. The Balaban J connectivity index is 0.00000180. The van der Waals surface area contributed by atoms with E-state index in [1.807, 2.05) is 4.90 Å². The highest BCUT2D eigenvalue weighted by Gasteiger charge is 2.26. The average Bonchev–Trinajstić information content (AvgIpc) is 2.39. The molecular weight excluding hydrogens is 268 g/mol. The zero-order chi connectivity index (χ0) is 13.1. The largest absolute Gasteiger partial charge is 0.481 e. The van der Waals surface area contributed by atoms with E-state index in [-0.39, 0.29) is 24.2 Å². The number of carboxylic acids is 1. The molecular formula is C12H17ClN4O2. The zero-order valence-electron chi connectivity index (χ0n) is 10.4. The lowest BCUT2D eigenvalue weighted by atomic mass is 9.97. The van der Waals surface area contributed by atoms with Gasteiger partial charge in [0, 0.05) is 19.3 Å². The number of pyridine rings is 1. The standard InChI is InChI=1S/C12H16N4O2.ClH/c13-10(14)9-2-1-5-15-11(9)16-6-3-8(4-7-16)12(17)18;/h1-2,5,8H,3-4,6-7H2,(H3,13,14)(H,17,18);1H. The van der Waals surface area contributed by atoms with Crippen molar-refractivity contribution in [1.29, 1.82) is 5.41 Å². The van der Waals surface area contributed by atoms with E-state index in [1.54, 1.807) is 18.3 Å². The number of nitrogens with zero attached hydrogens (tertiary/aromatic N) is 2. The molecule has 0 spiro atoms. The summed E-state index contributed by atoms with van der Waals surface area (Å²) in [6.45, 7) is 1.27. The first-order chi connectivity index (χ1) is 8.59. The Hall–Kier alpha value is -1.82. The number of nitrogens with two attached hydrogens (primary N) is 1. The van der Waals surface area contributed by atoms with Crippen molar-refractivity contribution in [2.75, 3.05) is 18.0 Å². The first-order valence-electron chi connectivity index (χ1n) is 5.86. The van der Waals surface area contributed by atoms with E-state index in [1.165, 1.54) is 0 Å². The van der Waals surface area contributed by atoms with Gasteiger partial charge in [0.2, 0.25) is 0 Å². The van der Waals surface area contributed by atoms with E-state index in [2.05, 4.69) is 4.98 Å². The molecule has 19 heavy (non-hydrogen) atoms. The van der Waals surface area contributed by atoms with Gasteiger partial charge in [-0.15, -0.1) is 12.4 Å². The predicted molar refractivity (Wildman–Crippen MR) is 75.1 cm³/mol. The van der Waals surface area contributed by atoms with Gasteiger partial charge < -0.3 is 15.7 Å². The van der Waals surface area contributed by atoms with Crippen LogP contribution in [0.1, 0.15) is 18.4 Å². The number of hydrogen-bond acceptors (Lipinski definition) is 4. The minimum atomic E-state index is -0.734. The molecule has 0 amide bonds. The number of nitrogen functional groups attached to an aromatic ring is 1. The van der Waals surface area contributed by atoms with E-state index in [0.717, 1.165) is 0 Å². The quantitative estimate of drug-likeness (QED) is 0.569. The third-order valence-corrected chi connectivity index (χ3v) is 3.22. The maximum absolute atomic E-state index is 10.9. The molecule has 2 heterocycles. The number of carbonyl (C=O) groups is 1. The SMILES string of the molecule is Cl.N=C(N)c1cccnc1N1CCC(C(=O)O)CC1. The van der Waals surface area contributed by atoms with Crippen LogP contribution in [0.3, 0.4) is 0 Å². The van der Waals surface area contributed by atoms with Crippen LogP contribution in [-0.4, -0.2) is 35.0 Å². The maximum Gasteiger partial charge on any atom is 0.306 e. The summed E-state index contributed by atoms with van der Waals surface area (Å²) in [6.07, 6.45) is 2.86. The van der Waals surface area contributed by atoms with Gasteiger partial charge in [-0.05, 0) is 25.0 Å². The molecule has 0 unspecified atom stereocenters. The molecule has 1 aliphatic heterocycles. The minimum absolute atomic E-state index is 0. The molecule has 4 N–H and O–H groups in total. The Bertz CT molecular complexity index is 473. The first-order valence-corrected chi connectivity index (χ1v) is 5.86. The lowest BCUT2D eigenvalue weighted by Crippen LogP contribution is -2.37. The number of halogens is 1. The van der Waals surface area contributed by atoms with Crippen LogP contribution >= 0.6 is 12.4 Å². The third kappa shape index (κ3) is 3.35. The van der Waals surface area contributed by atoms with Crippen LogP contribution in [0.25, 0.3) is 0 Å². The second-order valence-corrected chi connectivity index (χ2v) is 4.39. The Morgan fingerprint density at radius 1 is 1.47 bits per heavy atom. The summed E-state index contributed by atoms with van der Waals surface area (Å²) in [5, 5.41) is 16.5. The Morgan fingerprint density at radius 2 is 2.11 bits per heavy atom. The Labute approximate surface area is 117 Å². The number of aromatic nitrogens is 1. The van der Waals surface area contributed by atoms with E-state index in [0.29, 0.717) is 37.3 Å². The summed E-state index contributed by atoms with van der Waals surface area (Å²) in [5.41, 5.74) is 6.12. The number of rotatable bonds is 3. The topological polar surface area (TPSA) is 103 Å². The zero-order valence-corrected chi connectivity index (χ0v) is 11.2. The van der Waals surface area contributed by atoms with Crippen LogP contribution in [0.15, 0.2) is 18.3 Å². The van der Waals surface area contributed by atoms with Crippen LogP contribution in [0, 0.1) is 11.3 Å². The van der Waals surface area contributed by atoms with Gasteiger partial charge in [0.05, 0.1) is 11.5 Å². The summed E-state index contributed by atoms with van der Waals surface area (Å²) >= 11 is 0. The highest BCUT2D eigenvalue weighted by Crippen LogP contribution is 2.24. The average molecular weight is 285 g/mol. The molecule has 1 fully saturated rings. The predicted octanol–water partition coefficient (Wildman–Crippen LogP) is 1.09. The summed E-state index contributed by atoms with van der Waals surface area (Å²) in [6, 6.07) is 3.50. The van der Waals surface area contributed by atoms with Crippen molar-refractivity contribution in [3.8, 4) is 0 Å².